The van der Waals surface area contributed by atoms with E-state index in [-0.39, 0.29) is 5.78 Å². The summed E-state index contributed by atoms with van der Waals surface area (Å²) in [4.78, 5) is 12.4. The van der Waals surface area contributed by atoms with E-state index in [1.165, 1.54) is 0 Å². The van der Waals surface area contributed by atoms with Crippen molar-refractivity contribution in [2.45, 2.75) is 20.3 Å². The average Bonchev–Trinajstić information content (AvgIpc) is 2.59. The van der Waals surface area contributed by atoms with E-state index in [9.17, 15) is 4.79 Å². The van der Waals surface area contributed by atoms with E-state index < -0.39 is 0 Å². The monoisotopic (exact) mass is 384 g/mol. The number of rotatable bonds is 3. The van der Waals surface area contributed by atoms with E-state index in [0.717, 1.165) is 31.5 Å². The molecule has 0 unspecified atom stereocenters. The van der Waals surface area contributed by atoms with E-state index in [4.69, 9.17) is 0 Å². The van der Waals surface area contributed by atoms with Gasteiger partial charge in [-0.2, -0.15) is 5.10 Å². The molecule has 100 valence electrons. The molecular weight excluding hydrogens is 372 g/mol. The van der Waals surface area contributed by atoms with Crippen LogP contribution in [-0.2, 0) is 13.5 Å². The molecule has 0 bridgehead atoms. The molecule has 2 rings (SSSR count). The molecule has 2 aromatic rings. The summed E-state index contributed by atoms with van der Waals surface area (Å²) in [5, 5.41) is 4.31. The normalized spacial score (nSPS) is 10.8. The summed E-state index contributed by atoms with van der Waals surface area (Å²) < 4.78 is 3.59. The third-order valence-corrected chi connectivity index (χ3v) is 4.61. The summed E-state index contributed by atoms with van der Waals surface area (Å²) in [6.07, 6.45) is 0.342. The van der Waals surface area contributed by atoms with Crippen molar-refractivity contribution in [3.8, 4) is 0 Å². The number of benzene rings is 1. The minimum atomic E-state index is 0.0995. The van der Waals surface area contributed by atoms with Gasteiger partial charge in [-0.05, 0) is 47.5 Å². The van der Waals surface area contributed by atoms with Crippen LogP contribution in [0.3, 0.4) is 0 Å². The molecule has 3 nitrogen and oxygen atoms in total. The SMILES string of the molecule is Cc1ccc(Br)cc1C(=O)Cc1c(Br)c(C)nn1C. The van der Waals surface area contributed by atoms with Crippen molar-refractivity contribution in [2.24, 2.45) is 7.05 Å². The van der Waals surface area contributed by atoms with Crippen molar-refractivity contribution < 1.29 is 4.79 Å². The summed E-state index contributed by atoms with van der Waals surface area (Å²) in [6, 6.07) is 5.76. The summed E-state index contributed by atoms with van der Waals surface area (Å²) in [5.41, 5.74) is 3.54. The van der Waals surface area contributed by atoms with Crippen molar-refractivity contribution in [1.82, 2.24) is 9.78 Å². The Morgan fingerprint density at radius 3 is 2.58 bits per heavy atom. The van der Waals surface area contributed by atoms with Crippen LogP contribution < -0.4 is 0 Å². The first-order valence-electron chi connectivity index (χ1n) is 5.87. The van der Waals surface area contributed by atoms with Crippen LogP contribution in [0.15, 0.2) is 27.1 Å². The maximum atomic E-state index is 12.4. The largest absolute Gasteiger partial charge is 0.294 e. The number of hydrogen-bond acceptors (Lipinski definition) is 2. The summed E-state index contributed by atoms with van der Waals surface area (Å²) >= 11 is 6.89. The minimum Gasteiger partial charge on any atom is -0.294 e. The Bertz CT molecular complexity index is 647. The van der Waals surface area contributed by atoms with E-state index >= 15 is 0 Å². The van der Waals surface area contributed by atoms with Crippen LogP contribution in [0.1, 0.15) is 27.3 Å². The molecule has 0 aliphatic heterocycles. The third-order valence-electron chi connectivity index (χ3n) is 3.09. The van der Waals surface area contributed by atoms with E-state index in [0.29, 0.717) is 6.42 Å². The summed E-state index contributed by atoms with van der Waals surface area (Å²) in [7, 11) is 1.86. The topological polar surface area (TPSA) is 34.9 Å². The van der Waals surface area contributed by atoms with Crippen LogP contribution in [0, 0.1) is 13.8 Å². The third kappa shape index (κ3) is 2.98. The Labute approximate surface area is 129 Å². The van der Waals surface area contributed by atoms with Gasteiger partial charge in [0.05, 0.1) is 22.3 Å². The maximum Gasteiger partial charge on any atom is 0.169 e. The van der Waals surface area contributed by atoms with Gasteiger partial charge in [-0.15, -0.1) is 0 Å². The molecule has 0 saturated carbocycles. The standard InChI is InChI=1S/C14H14Br2N2O/c1-8-4-5-10(15)6-11(8)13(19)7-12-14(16)9(2)17-18(12)3/h4-6H,7H2,1-3H3. The number of nitrogens with zero attached hydrogens (tertiary/aromatic N) is 2. The van der Waals surface area contributed by atoms with Crippen LogP contribution in [0.5, 0.6) is 0 Å². The van der Waals surface area contributed by atoms with Crippen molar-refractivity contribution in [3.05, 3.63) is 49.7 Å². The number of Topliss-reactive ketones (excluding diaryl/α,β-unsaturated/α-hetero) is 1. The average molecular weight is 386 g/mol. The Balaban J connectivity index is 2.33. The second-order valence-electron chi connectivity index (χ2n) is 4.53. The maximum absolute atomic E-state index is 12.4. The molecule has 19 heavy (non-hydrogen) atoms. The van der Waals surface area contributed by atoms with Gasteiger partial charge in [0, 0.05) is 17.1 Å². The van der Waals surface area contributed by atoms with E-state index in [1.54, 1.807) is 4.68 Å². The summed E-state index contributed by atoms with van der Waals surface area (Å²) in [5.74, 6) is 0.0995. The van der Waals surface area contributed by atoms with Crippen molar-refractivity contribution in [2.75, 3.05) is 0 Å². The number of carbonyl (C=O) groups excluding carboxylic acids is 1. The fourth-order valence-corrected chi connectivity index (χ4v) is 2.85. The van der Waals surface area contributed by atoms with E-state index in [2.05, 4.69) is 37.0 Å². The molecule has 0 spiro atoms. The molecule has 0 atom stereocenters. The first-order chi connectivity index (χ1) is 8.90. The smallest absolute Gasteiger partial charge is 0.169 e. The Morgan fingerprint density at radius 2 is 2.00 bits per heavy atom. The Kier molecular flexibility index (Phi) is 4.26. The zero-order chi connectivity index (χ0) is 14.2. The second-order valence-corrected chi connectivity index (χ2v) is 6.24. The van der Waals surface area contributed by atoms with Gasteiger partial charge in [0.1, 0.15) is 0 Å². The predicted octanol–water partition coefficient (Wildman–Crippen LogP) is 3.99. The lowest BCUT2D eigenvalue weighted by Gasteiger charge is -2.06. The number of aromatic nitrogens is 2. The zero-order valence-electron chi connectivity index (χ0n) is 11.0. The van der Waals surface area contributed by atoms with E-state index in [1.807, 2.05) is 39.1 Å². The van der Waals surface area contributed by atoms with Gasteiger partial charge in [0.15, 0.2) is 5.78 Å². The molecule has 0 N–H and O–H groups in total. The first kappa shape index (κ1) is 14.5. The fourth-order valence-electron chi connectivity index (χ4n) is 2.01. The molecule has 0 radical (unpaired) electrons. The number of carbonyl (C=O) groups is 1. The highest BCUT2D eigenvalue weighted by Gasteiger charge is 2.17. The van der Waals surface area contributed by atoms with Crippen molar-refractivity contribution in [3.63, 3.8) is 0 Å². The van der Waals surface area contributed by atoms with Crippen molar-refractivity contribution in [1.29, 1.82) is 0 Å². The van der Waals surface area contributed by atoms with Gasteiger partial charge in [0.25, 0.3) is 0 Å². The Hall–Kier alpha value is -0.940. The van der Waals surface area contributed by atoms with Gasteiger partial charge in [0.2, 0.25) is 0 Å². The van der Waals surface area contributed by atoms with Crippen molar-refractivity contribution >= 4 is 37.6 Å². The fraction of sp³-hybridized carbons (Fsp3) is 0.286. The van der Waals surface area contributed by atoms with Crippen LogP contribution >= 0.6 is 31.9 Å². The molecule has 1 heterocycles. The molecule has 0 amide bonds. The Morgan fingerprint density at radius 1 is 1.32 bits per heavy atom. The summed E-state index contributed by atoms with van der Waals surface area (Å²) in [6.45, 7) is 3.87. The van der Waals surface area contributed by atoms with Gasteiger partial charge < -0.3 is 0 Å². The van der Waals surface area contributed by atoms with Gasteiger partial charge in [-0.25, -0.2) is 0 Å². The molecule has 0 saturated heterocycles. The lowest BCUT2D eigenvalue weighted by atomic mass is 10.0. The van der Waals surface area contributed by atoms with Crippen LogP contribution in [0.2, 0.25) is 0 Å². The molecular formula is C14H14Br2N2O. The number of hydrogen-bond donors (Lipinski definition) is 0. The number of halogens is 2. The first-order valence-corrected chi connectivity index (χ1v) is 7.46. The van der Waals surface area contributed by atoms with Gasteiger partial charge >= 0.3 is 0 Å². The van der Waals surface area contributed by atoms with Gasteiger partial charge in [-0.3, -0.25) is 9.48 Å². The zero-order valence-corrected chi connectivity index (χ0v) is 14.2. The molecule has 0 aliphatic rings. The van der Waals surface area contributed by atoms with Crippen LogP contribution in [-0.4, -0.2) is 15.6 Å². The highest BCUT2D eigenvalue weighted by Crippen LogP contribution is 2.23. The van der Waals surface area contributed by atoms with Gasteiger partial charge in [-0.1, -0.05) is 22.0 Å². The lowest BCUT2D eigenvalue weighted by Crippen LogP contribution is -2.09. The molecule has 0 fully saturated rings. The predicted molar refractivity (Wildman–Crippen MR) is 82.6 cm³/mol. The molecule has 1 aromatic heterocycles. The van der Waals surface area contributed by atoms with Crippen LogP contribution in [0.25, 0.3) is 0 Å². The minimum absolute atomic E-state index is 0.0995. The quantitative estimate of drug-likeness (QED) is 0.748. The molecule has 5 heteroatoms. The molecule has 0 aliphatic carbocycles. The highest BCUT2D eigenvalue weighted by molar-refractivity contribution is 9.10. The molecule has 1 aromatic carbocycles. The number of aryl methyl sites for hydroxylation is 3. The van der Waals surface area contributed by atoms with Crippen LogP contribution in [0.4, 0.5) is 0 Å². The highest BCUT2D eigenvalue weighted by atomic mass is 79.9. The number of ketones is 1. The second kappa shape index (κ2) is 5.59. The lowest BCUT2D eigenvalue weighted by molar-refractivity contribution is 0.0990.